The van der Waals surface area contributed by atoms with Gasteiger partial charge in [-0.2, -0.15) is 5.26 Å². The third kappa shape index (κ3) is 6.38. The third-order valence-corrected chi connectivity index (χ3v) is 7.01. The molecule has 2 N–H and O–H groups in total. The van der Waals surface area contributed by atoms with Crippen LogP contribution in [-0.4, -0.2) is 11.0 Å². The van der Waals surface area contributed by atoms with Crippen molar-refractivity contribution in [2.45, 2.75) is 53.4 Å². The molecule has 0 aliphatic heterocycles. The maximum Gasteiger partial charge on any atom is 0.259 e. The van der Waals surface area contributed by atoms with Gasteiger partial charge in [0.2, 0.25) is 0 Å². The van der Waals surface area contributed by atoms with Gasteiger partial charge in [0.15, 0.2) is 0 Å². The monoisotopic (exact) mass is 574 g/mol. The number of hydrogen-bond donors (Lipinski definition) is 2. The lowest BCUT2D eigenvalue weighted by Crippen LogP contribution is -2.16. The molecule has 0 radical (unpaired) electrons. The van der Waals surface area contributed by atoms with Gasteiger partial charge in [0.1, 0.15) is 5.75 Å². The third-order valence-electron chi connectivity index (χ3n) is 5.61. The zero-order chi connectivity index (χ0) is 26.4. The van der Waals surface area contributed by atoms with E-state index in [2.05, 4.69) is 27.3 Å². The Hall–Kier alpha value is -2.52. The molecular formula is C28H29BrCl2N2O2. The first-order valence-electron chi connectivity index (χ1n) is 11.3. The van der Waals surface area contributed by atoms with Crippen molar-refractivity contribution in [3.05, 3.63) is 90.4 Å². The van der Waals surface area contributed by atoms with Gasteiger partial charge in [-0.25, -0.2) is 0 Å². The quantitative estimate of drug-likeness (QED) is 0.318. The minimum atomic E-state index is -0.580. The van der Waals surface area contributed by atoms with E-state index in [9.17, 15) is 15.2 Å². The van der Waals surface area contributed by atoms with Crippen LogP contribution in [0.15, 0.2) is 46.9 Å². The van der Waals surface area contributed by atoms with E-state index in [-0.39, 0.29) is 17.2 Å². The van der Waals surface area contributed by atoms with Crippen molar-refractivity contribution in [2.24, 2.45) is 0 Å². The van der Waals surface area contributed by atoms with E-state index in [1.54, 1.807) is 43.3 Å². The summed E-state index contributed by atoms with van der Waals surface area (Å²) in [6, 6.07) is 14.6. The number of nitrogens with zero attached hydrogens (tertiary/aromatic N) is 1. The predicted octanol–water partition coefficient (Wildman–Crippen LogP) is 9.14. The second kappa shape index (κ2) is 12.4. The van der Waals surface area contributed by atoms with E-state index in [1.807, 2.05) is 40.7 Å². The average Bonchev–Trinajstić information content (AvgIpc) is 2.82. The fraction of sp³-hybridized carbons (Fsp3) is 0.286. The molecule has 3 aromatic rings. The van der Waals surface area contributed by atoms with Crippen molar-refractivity contribution in [3.8, 4) is 11.8 Å². The van der Waals surface area contributed by atoms with Gasteiger partial charge in [-0.15, -0.1) is 0 Å². The summed E-state index contributed by atoms with van der Waals surface area (Å²) >= 11 is 16.0. The first kappa shape index (κ1) is 28.7. The van der Waals surface area contributed by atoms with E-state index < -0.39 is 11.8 Å². The van der Waals surface area contributed by atoms with Gasteiger partial charge in [0.25, 0.3) is 5.91 Å². The molecule has 0 aromatic heterocycles. The molecule has 7 heteroatoms. The van der Waals surface area contributed by atoms with Crippen molar-refractivity contribution >= 4 is 50.7 Å². The number of halogens is 3. The van der Waals surface area contributed by atoms with Crippen LogP contribution in [0.4, 0.5) is 5.69 Å². The number of carbonyl (C=O) groups is 1. The molecule has 0 aliphatic rings. The molecule has 0 aliphatic carbocycles. The van der Waals surface area contributed by atoms with Crippen LogP contribution in [-0.2, 0) is 0 Å². The number of aromatic hydroxyl groups is 1. The SMILES string of the molecule is CC.Cc1cc(C(C#N)c2ccc(Cl)cc2)c(Cl)cc1NC(=O)c1c(C)c(Br)cc(C(C)C)c1O. The Balaban J connectivity index is 0.00000210. The normalized spacial score (nSPS) is 11.3. The van der Waals surface area contributed by atoms with Gasteiger partial charge in [-0.05, 0) is 71.8 Å². The smallest absolute Gasteiger partial charge is 0.259 e. The average molecular weight is 576 g/mol. The number of nitriles is 1. The minimum absolute atomic E-state index is 0.0316. The molecule has 3 rings (SSSR count). The highest BCUT2D eigenvalue weighted by Gasteiger charge is 2.23. The Kier molecular flexibility index (Phi) is 10.2. The van der Waals surface area contributed by atoms with Crippen molar-refractivity contribution in [1.82, 2.24) is 0 Å². The highest BCUT2D eigenvalue weighted by atomic mass is 79.9. The van der Waals surface area contributed by atoms with Gasteiger partial charge in [0.05, 0.1) is 17.6 Å². The summed E-state index contributed by atoms with van der Waals surface area (Å²) in [6.45, 7) is 11.5. The molecule has 3 aromatic carbocycles. The van der Waals surface area contributed by atoms with Crippen LogP contribution in [0.3, 0.4) is 0 Å². The van der Waals surface area contributed by atoms with Crippen LogP contribution in [0.1, 0.15) is 77.7 Å². The lowest BCUT2D eigenvalue weighted by molar-refractivity contribution is 0.102. The molecule has 0 bridgehead atoms. The molecule has 0 saturated carbocycles. The Morgan fingerprint density at radius 1 is 1.06 bits per heavy atom. The zero-order valence-corrected chi connectivity index (χ0v) is 23.7. The van der Waals surface area contributed by atoms with Crippen molar-refractivity contribution < 1.29 is 9.90 Å². The van der Waals surface area contributed by atoms with Gasteiger partial charge >= 0.3 is 0 Å². The summed E-state index contributed by atoms with van der Waals surface area (Å²) in [5, 5.41) is 24.4. The lowest BCUT2D eigenvalue weighted by atomic mass is 9.91. The van der Waals surface area contributed by atoms with Crippen molar-refractivity contribution in [1.29, 1.82) is 5.26 Å². The summed E-state index contributed by atoms with van der Waals surface area (Å²) in [7, 11) is 0. The molecule has 0 fully saturated rings. The molecule has 1 unspecified atom stereocenters. The predicted molar refractivity (Wildman–Crippen MR) is 149 cm³/mol. The number of benzene rings is 3. The molecule has 1 amide bonds. The molecule has 1 atom stereocenters. The fourth-order valence-corrected chi connectivity index (χ4v) is 4.54. The highest BCUT2D eigenvalue weighted by molar-refractivity contribution is 9.10. The largest absolute Gasteiger partial charge is 0.507 e. The number of anilines is 1. The van der Waals surface area contributed by atoms with Gasteiger partial charge < -0.3 is 10.4 Å². The van der Waals surface area contributed by atoms with Gasteiger partial charge in [-0.1, -0.05) is 85.0 Å². The topological polar surface area (TPSA) is 73.1 Å². The Morgan fingerprint density at radius 2 is 1.66 bits per heavy atom. The number of carbonyl (C=O) groups excluding carboxylic acids is 1. The van der Waals surface area contributed by atoms with E-state index in [0.717, 1.165) is 15.6 Å². The molecule has 4 nitrogen and oxygen atoms in total. The van der Waals surface area contributed by atoms with Crippen LogP contribution < -0.4 is 5.32 Å². The Labute approximate surface area is 226 Å². The molecule has 0 spiro atoms. The maximum atomic E-state index is 13.2. The van der Waals surface area contributed by atoms with Crippen LogP contribution in [0, 0.1) is 25.2 Å². The number of phenolic OH excluding ortho intramolecular Hbond substituents is 1. The number of phenols is 1. The standard InChI is InChI=1S/C26H23BrCl2N2O2.C2H6/c1-13(2)18-10-21(27)15(4)24(25(18)32)26(33)31-23-11-22(29)19(9-14(23)3)20(12-30)16-5-7-17(28)8-6-16;1-2/h5-11,13,20,32H,1-4H3,(H,31,33);1-2H3. The van der Waals surface area contributed by atoms with E-state index >= 15 is 0 Å². The number of nitrogens with one attached hydrogen (secondary N) is 1. The lowest BCUT2D eigenvalue weighted by Gasteiger charge is -2.19. The van der Waals surface area contributed by atoms with Gasteiger partial charge in [-0.3, -0.25) is 4.79 Å². The first-order chi connectivity index (χ1) is 16.5. The number of rotatable bonds is 5. The van der Waals surface area contributed by atoms with E-state index in [0.29, 0.717) is 32.4 Å². The van der Waals surface area contributed by atoms with Crippen LogP contribution >= 0.6 is 39.1 Å². The molecule has 184 valence electrons. The highest BCUT2D eigenvalue weighted by Crippen LogP contribution is 2.38. The Bertz CT molecular complexity index is 1270. The van der Waals surface area contributed by atoms with E-state index in [4.69, 9.17) is 23.2 Å². The Morgan fingerprint density at radius 3 is 2.20 bits per heavy atom. The van der Waals surface area contributed by atoms with Crippen LogP contribution in [0.25, 0.3) is 0 Å². The fourth-order valence-electron chi connectivity index (χ4n) is 3.70. The number of hydrogen-bond acceptors (Lipinski definition) is 3. The van der Waals surface area contributed by atoms with E-state index in [1.165, 1.54) is 0 Å². The summed E-state index contributed by atoms with van der Waals surface area (Å²) in [5.74, 6) is -1.01. The zero-order valence-electron chi connectivity index (χ0n) is 20.6. The number of aryl methyl sites for hydroxylation is 1. The number of amides is 1. The van der Waals surface area contributed by atoms with Crippen LogP contribution in [0.2, 0.25) is 10.0 Å². The molecule has 0 heterocycles. The molecule has 35 heavy (non-hydrogen) atoms. The summed E-state index contributed by atoms with van der Waals surface area (Å²) in [5.41, 5.74) is 4.20. The van der Waals surface area contributed by atoms with Crippen molar-refractivity contribution in [3.63, 3.8) is 0 Å². The minimum Gasteiger partial charge on any atom is -0.507 e. The molecular weight excluding hydrogens is 547 g/mol. The molecule has 0 saturated heterocycles. The first-order valence-corrected chi connectivity index (χ1v) is 12.9. The summed E-state index contributed by atoms with van der Waals surface area (Å²) < 4.78 is 0.749. The maximum absolute atomic E-state index is 13.2. The second-order valence-corrected chi connectivity index (χ2v) is 9.91. The second-order valence-electron chi connectivity index (χ2n) is 8.21. The van der Waals surface area contributed by atoms with Crippen molar-refractivity contribution in [2.75, 3.05) is 5.32 Å². The van der Waals surface area contributed by atoms with Gasteiger partial charge in [0, 0.05) is 20.2 Å². The van der Waals surface area contributed by atoms with Crippen LogP contribution in [0.5, 0.6) is 5.75 Å². The summed E-state index contributed by atoms with van der Waals surface area (Å²) in [6.07, 6.45) is 0. The summed E-state index contributed by atoms with van der Waals surface area (Å²) in [4.78, 5) is 13.2.